The second kappa shape index (κ2) is 5.76. The molecule has 4 aliphatic rings. The lowest BCUT2D eigenvalue weighted by Crippen LogP contribution is -2.34. The minimum atomic E-state index is -0.509. The lowest BCUT2D eigenvalue weighted by molar-refractivity contribution is -0.156. The fraction of sp³-hybridized carbons (Fsp3) is 0.250. The van der Waals surface area contributed by atoms with Crippen molar-refractivity contribution in [3.63, 3.8) is 0 Å². The number of carbonyl (C=O) groups is 2. The Morgan fingerprint density at radius 2 is 1.07 bits per heavy atom. The van der Waals surface area contributed by atoms with Gasteiger partial charge in [-0.3, -0.25) is 9.59 Å². The quantitative estimate of drug-likeness (QED) is 0.596. The summed E-state index contributed by atoms with van der Waals surface area (Å²) in [5, 5.41) is 0. The number of benzene rings is 2. The maximum Gasteiger partial charge on any atom is 0.320 e. The third-order valence-corrected chi connectivity index (χ3v) is 6.46. The smallest absolute Gasteiger partial charge is 0.320 e. The van der Waals surface area contributed by atoms with Gasteiger partial charge in [-0.2, -0.15) is 0 Å². The van der Waals surface area contributed by atoms with Gasteiger partial charge < -0.3 is 9.47 Å². The Bertz CT molecular complexity index is 979. The van der Waals surface area contributed by atoms with Gasteiger partial charge in [0.15, 0.2) is 0 Å². The van der Waals surface area contributed by atoms with E-state index < -0.39 is 36.0 Å². The maximum atomic E-state index is 12.4. The predicted molar refractivity (Wildman–Crippen MR) is 103 cm³/mol. The van der Waals surface area contributed by atoms with Gasteiger partial charge in [-0.05, 0) is 46.3 Å². The summed E-state index contributed by atoms with van der Waals surface area (Å²) in [7, 11) is 0. The normalized spacial score (nSPS) is 30.6. The molecule has 0 amide bonds. The number of carbonyl (C=O) groups excluding carboxylic acids is 2. The van der Waals surface area contributed by atoms with Crippen molar-refractivity contribution >= 4 is 23.1 Å². The van der Waals surface area contributed by atoms with Crippen LogP contribution in [0, 0.1) is 11.8 Å². The molecule has 2 aromatic rings. The third-order valence-electron chi connectivity index (χ3n) is 6.46. The molecule has 138 valence electrons. The van der Waals surface area contributed by atoms with Crippen LogP contribution in [0.3, 0.4) is 0 Å². The molecule has 4 heteroatoms. The van der Waals surface area contributed by atoms with Crippen LogP contribution in [0.4, 0.5) is 0 Å². The molecule has 6 rings (SSSR count). The van der Waals surface area contributed by atoms with Crippen LogP contribution in [0.5, 0.6) is 0 Å². The van der Waals surface area contributed by atoms with Crippen LogP contribution < -0.4 is 0 Å². The topological polar surface area (TPSA) is 52.6 Å². The summed E-state index contributed by atoms with van der Waals surface area (Å²) in [6, 6.07) is 20.6. The minimum Gasteiger partial charge on any atom is -0.393 e. The van der Waals surface area contributed by atoms with Crippen LogP contribution in [0.1, 0.15) is 24.0 Å². The number of rotatable bonds is 2. The van der Waals surface area contributed by atoms with Crippen molar-refractivity contribution in [3.8, 4) is 0 Å². The summed E-state index contributed by atoms with van der Waals surface area (Å²) in [6.07, 6.45) is 0.997. The van der Waals surface area contributed by atoms with Crippen LogP contribution in [0.15, 0.2) is 71.8 Å². The number of fused-ring (bicyclic) bond motifs is 8. The van der Waals surface area contributed by atoms with Crippen molar-refractivity contribution in [2.24, 2.45) is 11.8 Å². The Kier molecular flexibility index (Phi) is 3.29. The number of esters is 2. The van der Waals surface area contributed by atoms with Crippen LogP contribution in [-0.4, -0.2) is 24.1 Å². The summed E-state index contributed by atoms with van der Waals surface area (Å²) in [5.41, 5.74) is 6.99. The zero-order chi connectivity index (χ0) is 18.8. The monoisotopic (exact) mass is 370 g/mol. The number of hydrogen-bond donors (Lipinski definition) is 0. The highest BCUT2D eigenvalue weighted by atomic mass is 16.6. The average molecular weight is 370 g/mol. The molecule has 4 nitrogen and oxygen atoms in total. The van der Waals surface area contributed by atoms with Crippen molar-refractivity contribution in [2.45, 2.75) is 25.0 Å². The molecule has 4 atom stereocenters. The first kappa shape index (κ1) is 16.0. The molecule has 3 saturated heterocycles. The zero-order valence-electron chi connectivity index (χ0n) is 15.1. The van der Waals surface area contributed by atoms with Crippen molar-refractivity contribution in [1.29, 1.82) is 0 Å². The van der Waals surface area contributed by atoms with Gasteiger partial charge in [0, 0.05) is 0 Å². The van der Waals surface area contributed by atoms with E-state index in [0.717, 1.165) is 35.1 Å². The Morgan fingerprint density at radius 1 is 0.643 bits per heavy atom. The van der Waals surface area contributed by atoms with Gasteiger partial charge in [-0.25, -0.2) is 0 Å². The fourth-order valence-electron chi connectivity index (χ4n) is 5.35. The molecule has 0 spiro atoms. The van der Waals surface area contributed by atoms with E-state index in [-0.39, 0.29) is 0 Å². The molecule has 3 heterocycles. The predicted octanol–water partition coefficient (Wildman–Crippen LogP) is 3.78. The van der Waals surface area contributed by atoms with E-state index in [0.29, 0.717) is 0 Å². The highest BCUT2D eigenvalue weighted by Crippen LogP contribution is 2.59. The summed E-state index contributed by atoms with van der Waals surface area (Å²) in [6.45, 7) is 0. The minimum absolute atomic E-state index is 0.391. The highest BCUT2D eigenvalue weighted by molar-refractivity contribution is 6.01. The van der Waals surface area contributed by atoms with Gasteiger partial charge >= 0.3 is 11.9 Å². The molecule has 2 aromatic carbocycles. The van der Waals surface area contributed by atoms with Gasteiger partial charge in [-0.15, -0.1) is 0 Å². The van der Waals surface area contributed by atoms with Gasteiger partial charge in [0.1, 0.15) is 11.8 Å². The van der Waals surface area contributed by atoms with Gasteiger partial charge in [-0.1, -0.05) is 60.7 Å². The van der Waals surface area contributed by atoms with E-state index in [1.54, 1.807) is 0 Å². The zero-order valence-corrected chi connectivity index (χ0v) is 15.1. The summed E-state index contributed by atoms with van der Waals surface area (Å²) >= 11 is 0. The Morgan fingerprint density at radius 3 is 1.50 bits per heavy atom. The first-order valence-electron chi connectivity index (χ1n) is 9.72. The largest absolute Gasteiger partial charge is 0.393 e. The van der Waals surface area contributed by atoms with Crippen molar-refractivity contribution in [1.82, 2.24) is 0 Å². The van der Waals surface area contributed by atoms with Crippen LogP contribution in [-0.2, 0) is 19.1 Å². The summed E-state index contributed by atoms with van der Waals surface area (Å²) < 4.78 is 11.3. The van der Waals surface area contributed by atoms with Crippen LogP contribution in [0.25, 0.3) is 11.1 Å². The Labute approximate surface area is 162 Å². The first-order valence-corrected chi connectivity index (χ1v) is 9.72. The Balaban J connectivity index is 1.60. The third kappa shape index (κ3) is 2.04. The molecule has 0 saturated carbocycles. The van der Waals surface area contributed by atoms with E-state index in [1.165, 1.54) is 11.1 Å². The standard InChI is InChI=1S/C24H18O4/c25-23-19-20(24(26)28-23)22-18-16(14-9-5-2-6-10-14)12-11-15(17(18)21(19)27-22)13-7-3-1-4-8-13/h1-10,19-22H,11-12H2/t19-,20+,21+,22-. The van der Waals surface area contributed by atoms with Crippen LogP contribution in [0.2, 0.25) is 0 Å². The number of hydrogen-bond acceptors (Lipinski definition) is 4. The number of cyclic esters (lactones) is 2. The SMILES string of the molecule is O=C1OC(=O)[C@H]2[C@@H]1[C@H]1O[C@@H]2C2=C(c3ccccc3)CCC(c3ccccc3)=C21. The van der Waals surface area contributed by atoms with E-state index in [9.17, 15) is 9.59 Å². The fourth-order valence-corrected chi connectivity index (χ4v) is 5.35. The molecule has 3 aliphatic heterocycles. The molecule has 0 unspecified atom stereocenters. The molecule has 0 aromatic heterocycles. The molecule has 28 heavy (non-hydrogen) atoms. The van der Waals surface area contributed by atoms with Crippen molar-refractivity contribution in [3.05, 3.63) is 82.9 Å². The second-order valence-corrected chi connectivity index (χ2v) is 7.79. The van der Waals surface area contributed by atoms with Gasteiger partial charge in [0.2, 0.25) is 0 Å². The molecule has 0 radical (unpaired) electrons. The molecule has 2 bridgehead atoms. The van der Waals surface area contributed by atoms with Crippen molar-refractivity contribution < 1.29 is 19.1 Å². The van der Waals surface area contributed by atoms with E-state index in [2.05, 4.69) is 24.3 Å². The average Bonchev–Trinajstić information content (AvgIpc) is 3.40. The van der Waals surface area contributed by atoms with Gasteiger partial charge in [0.25, 0.3) is 0 Å². The van der Waals surface area contributed by atoms with E-state index in [1.807, 2.05) is 36.4 Å². The molecular weight excluding hydrogens is 352 g/mol. The molecule has 0 N–H and O–H groups in total. The summed E-state index contributed by atoms with van der Waals surface area (Å²) in [4.78, 5) is 24.7. The van der Waals surface area contributed by atoms with E-state index >= 15 is 0 Å². The molecule has 1 aliphatic carbocycles. The second-order valence-electron chi connectivity index (χ2n) is 7.79. The maximum absolute atomic E-state index is 12.4. The van der Waals surface area contributed by atoms with Crippen molar-refractivity contribution in [2.75, 3.05) is 0 Å². The molecule has 3 fully saturated rings. The van der Waals surface area contributed by atoms with Crippen LogP contribution >= 0.6 is 0 Å². The first-order chi connectivity index (χ1) is 13.7. The molecular formula is C24H18O4. The lowest BCUT2D eigenvalue weighted by atomic mass is 9.68. The Hall–Kier alpha value is -2.98. The summed E-state index contributed by atoms with van der Waals surface area (Å²) in [5.74, 6) is -1.89. The number of ether oxygens (including phenoxy) is 2. The highest BCUT2D eigenvalue weighted by Gasteiger charge is 2.66. The number of allylic oxidation sites excluding steroid dienone is 2. The van der Waals surface area contributed by atoms with E-state index in [4.69, 9.17) is 9.47 Å². The lowest BCUT2D eigenvalue weighted by Gasteiger charge is -2.31. The van der Waals surface area contributed by atoms with Gasteiger partial charge in [0.05, 0.1) is 12.2 Å².